The van der Waals surface area contributed by atoms with Crippen molar-refractivity contribution >= 4 is 41.5 Å². The summed E-state index contributed by atoms with van der Waals surface area (Å²) in [6, 6.07) is 5.38. The Balaban J connectivity index is 1.80. The van der Waals surface area contributed by atoms with Crippen LogP contribution in [-0.4, -0.2) is 76.8 Å². The van der Waals surface area contributed by atoms with Crippen molar-refractivity contribution in [1.29, 1.82) is 0 Å². The Morgan fingerprint density at radius 3 is 1.79 bits per heavy atom. The number of unbranched alkanes of at least 4 members (excludes halogenated alkanes) is 9. The number of esters is 3. The highest BCUT2D eigenvalue weighted by molar-refractivity contribution is 7.99. The van der Waals surface area contributed by atoms with Crippen molar-refractivity contribution in [3.63, 3.8) is 0 Å². The summed E-state index contributed by atoms with van der Waals surface area (Å²) >= 11 is 1.40. The van der Waals surface area contributed by atoms with E-state index in [1.165, 1.54) is 77.5 Å². The monoisotopic (exact) mass is 619 g/mol. The number of amides is 2. The molecule has 2 amide bonds. The van der Waals surface area contributed by atoms with E-state index in [9.17, 15) is 24.0 Å². The second-order valence-corrected chi connectivity index (χ2v) is 12.3. The zero-order valence-electron chi connectivity index (χ0n) is 25.7. The lowest BCUT2D eigenvalue weighted by Crippen LogP contribution is -2.66. The molecule has 0 aliphatic carbocycles. The summed E-state index contributed by atoms with van der Waals surface area (Å²) in [5, 5.41) is 0. The summed E-state index contributed by atoms with van der Waals surface area (Å²) in [5.74, 6) is -2.36. The number of benzene rings is 1. The first-order valence-electron chi connectivity index (χ1n) is 15.4. The van der Waals surface area contributed by atoms with Gasteiger partial charge in [-0.15, -0.1) is 11.8 Å². The Hall–Kier alpha value is -2.92. The maximum Gasteiger partial charge on any atom is 0.303 e. The minimum absolute atomic E-state index is 0.235. The van der Waals surface area contributed by atoms with Gasteiger partial charge in [0.1, 0.15) is 24.2 Å². The van der Waals surface area contributed by atoms with E-state index in [1.54, 1.807) is 24.3 Å². The van der Waals surface area contributed by atoms with Gasteiger partial charge < -0.3 is 18.9 Å². The van der Waals surface area contributed by atoms with Crippen molar-refractivity contribution in [2.75, 3.05) is 12.4 Å². The number of nitrogens with zero attached hydrogens (tertiary/aromatic N) is 1. The number of rotatable bonds is 17. The molecule has 1 aromatic carbocycles. The standard InChI is InChI=1S/C32H45NO9S/c1-5-6-7-8-9-10-11-12-13-16-19-43-32-27(33-30(37)24-17-14-15-18-25(24)31(33)38)29(41-23(4)36)28(40-22(3)35)26(42-32)20-39-21(2)34/h14-15,17-18,26-29,32H,5-13,16,19-20H2,1-4H3/t26-,27-,28-,29-,32+/m1/s1. The van der Waals surface area contributed by atoms with Gasteiger partial charge in [-0.25, -0.2) is 0 Å². The molecule has 5 atom stereocenters. The van der Waals surface area contributed by atoms with Gasteiger partial charge in [0.05, 0.1) is 11.1 Å². The van der Waals surface area contributed by atoms with E-state index < -0.39 is 59.5 Å². The number of thioether (sulfide) groups is 1. The van der Waals surface area contributed by atoms with Crippen LogP contribution in [0.3, 0.4) is 0 Å². The van der Waals surface area contributed by atoms with Crippen molar-refractivity contribution in [3.05, 3.63) is 35.4 Å². The third kappa shape index (κ3) is 9.79. The van der Waals surface area contributed by atoms with Crippen molar-refractivity contribution in [2.45, 2.75) is 122 Å². The summed E-state index contributed by atoms with van der Waals surface area (Å²) in [4.78, 5) is 64.4. The van der Waals surface area contributed by atoms with Gasteiger partial charge in [0.2, 0.25) is 0 Å². The van der Waals surface area contributed by atoms with Gasteiger partial charge in [-0.3, -0.25) is 28.9 Å². The normalized spacial score (nSPS) is 23.2. The van der Waals surface area contributed by atoms with Gasteiger partial charge in [-0.2, -0.15) is 0 Å². The molecule has 2 heterocycles. The summed E-state index contributed by atoms with van der Waals surface area (Å²) in [5.41, 5.74) is -0.366. The fourth-order valence-corrected chi connectivity index (χ4v) is 6.86. The molecule has 0 N–H and O–H groups in total. The van der Waals surface area contributed by atoms with E-state index in [-0.39, 0.29) is 17.7 Å². The Bertz CT molecular complexity index is 1090. The number of imide groups is 1. The molecule has 1 aromatic rings. The molecule has 0 aromatic heterocycles. The van der Waals surface area contributed by atoms with Crippen LogP contribution >= 0.6 is 11.8 Å². The predicted octanol–water partition coefficient (Wildman–Crippen LogP) is 5.46. The van der Waals surface area contributed by atoms with Crippen LogP contribution in [0.25, 0.3) is 0 Å². The second kappa shape index (κ2) is 17.4. The van der Waals surface area contributed by atoms with E-state index in [0.717, 1.165) is 24.2 Å². The maximum absolute atomic E-state index is 13.6. The minimum atomic E-state index is -1.25. The highest BCUT2D eigenvalue weighted by Crippen LogP contribution is 2.39. The van der Waals surface area contributed by atoms with E-state index in [4.69, 9.17) is 18.9 Å². The van der Waals surface area contributed by atoms with Crippen LogP contribution in [0.15, 0.2) is 24.3 Å². The first kappa shape index (κ1) is 34.6. The van der Waals surface area contributed by atoms with Gasteiger partial charge in [-0.05, 0) is 24.3 Å². The van der Waals surface area contributed by atoms with Gasteiger partial charge in [0.15, 0.2) is 12.2 Å². The molecule has 1 fully saturated rings. The maximum atomic E-state index is 13.6. The third-order valence-corrected chi connectivity index (χ3v) is 8.82. The molecule has 0 spiro atoms. The van der Waals surface area contributed by atoms with Crippen LogP contribution in [0.1, 0.15) is 113 Å². The molecule has 0 unspecified atom stereocenters. The fraction of sp³-hybridized carbons (Fsp3) is 0.656. The zero-order valence-corrected chi connectivity index (χ0v) is 26.5. The van der Waals surface area contributed by atoms with E-state index in [2.05, 4.69) is 6.92 Å². The van der Waals surface area contributed by atoms with Crippen LogP contribution in [-0.2, 0) is 33.3 Å². The molecular weight excluding hydrogens is 574 g/mol. The van der Waals surface area contributed by atoms with E-state index >= 15 is 0 Å². The highest BCUT2D eigenvalue weighted by atomic mass is 32.2. The number of ether oxygens (including phenoxy) is 4. The summed E-state index contributed by atoms with van der Waals surface area (Å²) < 4.78 is 22.8. The SMILES string of the molecule is CCCCCCCCCCCCS[C@@H]1O[C@H](COC(C)=O)[C@@H](OC(C)=O)[C@H](OC(C)=O)[C@H]1N1C(=O)c2ccccc2C1=O. The number of carbonyl (C=O) groups excluding carboxylic acids is 5. The van der Waals surface area contributed by atoms with E-state index in [1.807, 2.05) is 0 Å². The summed E-state index contributed by atoms with van der Waals surface area (Å²) in [6.45, 7) is 5.58. The molecule has 2 aliphatic heterocycles. The molecule has 43 heavy (non-hydrogen) atoms. The Morgan fingerprint density at radius 1 is 0.767 bits per heavy atom. The van der Waals surface area contributed by atoms with Crippen molar-refractivity contribution in [1.82, 2.24) is 4.90 Å². The molecule has 0 saturated carbocycles. The van der Waals surface area contributed by atoms with E-state index in [0.29, 0.717) is 5.75 Å². The number of carbonyl (C=O) groups is 5. The molecule has 11 heteroatoms. The third-order valence-electron chi connectivity index (χ3n) is 7.57. The van der Waals surface area contributed by atoms with Crippen molar-refractivity contribution in [2.24, 2.45) is 0 Å². The van der Waals surface area contributed by atoms with Gasteiger partial charge >= 0.3 is 17.9 Å². The zero-order chi connectivity index (χ0) is 31.4. The van der Waals surface area contributed by atoms with Crippen molar-refractivity contribution < 1.29 is 42.9 Å². The van der Waals surface area contributed by atoms with Crippen LogP contribution in [0.2, 0.25) is 0 Å². The molecule has 2 aliphatic rings. The highest BCUT2D eigenvalue weighted by Gasteiger charge is 2.56. The van der Waals surface area contributed by atoms with Crippen molar-refractivity contribution in [3.8, 4) is 0 Å². The van der Waals surface area contributed by atoms with Gasteiger partial charge in [-0.1, -0.05) is 76.8 Å². The minimum Gasteiger partial charge on any atom is -0.463 e. The molecule has 0 bridgehead atoms. The fourth-order valence-electron chi connectivity index (χ4n) is 5.56. The lowest BCUT2D eigenvalue weighted by molar-refractivity contribution is -0.216. The smallest absolute Gasteiger partial charge is 0.303 e. The Labute approximate surface area is 258 Å². The van der Waals surface area contributed by atoms with Crippen LogP contribution in [0, 0.1) is 0 Å². The summed E-state index contributed by atoms with van der Waals surface area (Å²) in [6.07, 6.45) is 8.34. The Kier molecular flexibility index (Phi) is 14.0. The number of hydrogen-bond donors (Lipinski definition) is 0. The molecule has 238 valence electrons. The number of hydrogen-bond acceptors (Lipinski definition) is 10. The predicted molar refractivity (Wildman–Crippen MR) is 161 cm³/mol. The van der Waals surface area contributed by atoms with Crippen LogP contribution in [0.5, 0.6) is 0 Å². The van der Waals surface area contributed by atoms with Crippen LogP contribution < -0.4 is 0 Å². The second-order valence-electron chi connectivity index (χ2n) is 11.1. The quantitative estimate of drug-likeness (QED) is 0.0961. The van der Waals surface area contributed by atoms with Gasteiger partial charge in [0.25, 0.3) is 11.8 Å². The average molecular weight is 620 g/mol. The van der Waals surface area contributed by atoms with Crippen LogP contribution in [0.4, 0.5) is 0 Å². The molecule has 0 radical (unpaired) electrons. The molecular formula is C32H45NO9S. The summed E-state index contributed by atoms with van der Waals surface area (Å²) in [7, 11) is 0. The lowest BCUT2D eigenvalue weighted by atomic mass is 9.96. The largest absolute Gasteiger partial charge is 0.463 e. The first-order chi connectivity index (χ1) is 20.6. The lowest BCUT2D eigenvalue weighted by Gasteiger charge is -2.47. The van der Waals surface area contributed by atoms with Gasteiger partial charge in [0, 0.05) is 20.8 Å². The molecule has 10 nitrogen and oxygen atoms in total. The average Bonchev–Trinajstić information content (AvgIpc) is 3.21. The molecule has 1 saturated heterocycles. The number of fused-ring (bicyclic) bond motifs is 1. The topological polar surface area (TPSA) is 126 Å². The Morgan fingerprint density at radius 2 is 1.28 bits per heavy atom. The first-order valence-corrected chi connectivity index (χ1v) is 16.4. The molecule has 3 rings (SSSR count).